The molecular weight excluding hydrogens is 94.0 g/mol. The lowest BCUT2D eigenvalue weighted by atomic mass is 10.3. The van der Waals surface area contributed by atoms with Gasteiger partial charge in [-0.15, -0.1) is 0 Å². The topological polar surface area (TPSA) is 63.3 Å². The first-order chi connectivity index (χ1) is 3.18. The van der Waals surface area contributed by atoms with E-state index in [0.29, 0.717) is 0 Å². The SMILES string of the molecule is CC(=O)[C@H](O)CN. The monoisotopic (exact) mass is 103 g/mol. The largest absolute Gasteiger partial charge is 0.384 e. The van der Waals surface area contributed by atoms with Gasteiger partial charge in [-0.3, -0.25) is 4.79 Å². The second-order valence-electron chi connectivity index (χ2n) is 1.36. The minimum atomic E-state index is -0.958. The van der Waals surface area contributed by atoms with Gasteiger partial charge in [-0.1, -0.05) is 0 Å². The van der Waals surface area contributed by atoms with Gasteiger partial charge in [0.2, 0.25) is 0 Å². The van der Waals surface area contributed by atoms with Gasteiger partial charge in [0, 0.05) is 6.54 Å². The maximum Gasteiger partial charge on any atom is 0.159 e. The molecule has 0 fully saturated rings. The van der Waals surface area contributed by atoms with E-state index in [1.54, 1.807) is 0 Å². The molecule has 3 nitrogen and oxygen atoms in total. The van der Waals surface area contributed by atoms with Crippen molar-refractivity contribution in [2.45, 2.75) is 13.0 Å². The number of Topliss-reactive ketones (excluding diaryl/α,β-unsaturated/α-hetero) is 1. The Morgan fingerprint density at radius 3 is 2.43 bits per heavy atom. The molecule has 0 aliphatic carbocycles. The molecule has 0 heterocycles. The molecule has 0 saturated heterocycles. The number of carbonyl (C=O) groups excluding carboxylic acids is 1. The predicted octanol–water partition coefficient (Wildman–Crippen LogP) is -1.10. The van der Waals surface area contributed by atoms with Crippen molar-refractivity contribution in [1.82, 2.24) is 0 Å². The van der Waals surface area contributed by atoms with Crippen molar-refractivity contribution in [3.63, 3.8) is 0 Å². The molecule has 7 heavy (non-hydrogen) atoms. The second kappa shape index (κ2) is 2.71. The second-order valence-corrected chi connectivity index (χ2v) is 1.36. The third-order valence-electron chi connectivity index (χ3n) is 0.693. The van der Waals surface area contributed by atoms with E-state index in [4.69, 9.17) is 10.8 Å². The normalized spacial score (nSPS) is 13.6. The van der Waals surface area contributed by atoms with E-state index >= 15 is 0 Å². The van der Waals surface area contributed by atoms with Crippen molar-refractivity contribution in [2.75, 3.05) is 6.54 Å². The molecule has 0 aliphatic rings. The molecule has 0 unspecified atom stereocenters. The summed E-state index contributed by atoms with van der Waals surface area (Å²) in [4.78, 5) is 10.0. The van der Waals surface area contributed by atoms with Crippen molar-refractivity contribution in [3.8, 4) is 0 Å². The van der Waals surface area contributed by atoms with Gasteiger partial charge < -0.3 is 10.8 Å². The molecule has 3 heteroatoms. The van der Waals surface area contributed by atoms with E-state index in [9.17, 15) is 4.79 Å². The van der Waals surface area contributed by atoms with E-state index in [1.807, 2.05) is 0 Å². The van der Waals surface area contributed by atoms with Crippen LogP contribution >= 0.6 is 0 Å². The Balaban J connectivity index is 3.34. The number of aliphatic hydroxyl groups is 1. The number of carbonyl (C=O) groups is 1. The van der Waals surface area contributed by atoms with Crippen LogP contribution in [0, 0.1) is 0 Å². The van der Waals surface area contributed by atoms with Gasteiger partial charge in [0.15, 0.2) is 5.78 Å². The average Bonchev–Trinajstić information content (AvgIpc) is 1.65. The quantitative estimate of drug-likeness (QED) is 0.466. The Labute approximate surface area is 42.1 Å². The van der Waals surface area contributed by atoms with Gasteiger partial charge >= 0.3 is 0 Å². The number of hydrogen-bond acceptors (Lipinski definition) is 3. The van der Waals surface area contributed by atoms with Crippen LogP contribution in [-0.4, -0.2) is 23.5 Å². The van der Waals surface area contributed by atoms with Crippen molar-refractivity contribution in [2.24, 2.45) is 5.73 Å². The van der Waals surface area contributed by atoms with Gasteiger partial charge in [-0.2, -0.15) is 0 Å². The number of nitrogens with two attached hydrogens (primary N) is 1. The highest BCUT2D eigenvalue weighted by molar-refractivity contribution is 5.80. The first-order valence-electron chi connectivity index (χ1n) is 2.07. The van der Waals surface area contributed by atoms with Crippen LogP contribution in [0.1, 0.15) is 6.92 Å². The summed E-state index contributed by atoms with van der Waals surface area (Å²) in [6, 6.07) is 0. The van der Waals surface area contributed by atoms with Crippen LogP contribution in [0.2, 0.25) is 0 Å². The van der Waals surface area contributed by atoms with Crippen molar-refractivity contribution in [3.05, 3.63) is 0 Å². The molecule has 0 rings (SSSR count). The number of ketones is 1. The smallest absolute Gasteiger partial charge is 0.159 e. The minimum absolute atomic E-state index is 0.0231. The van der Waals surface area contributed by atoms with Crippen LogP contribution in [0.4, 0.5) is 0 Å². The average molecular weight is 103 g/mol. The zero-order valence-corrected chi connectivity index (χ0v) is 4.22. The zero-order chi connectivity index (χ0) is 5.86. The number of hydrogen-bond donors (Lipinski definition) is 2. The van der Waals surface area contributed by atoms with E-state index < -0.39 is 6.10 Å². The molecule has 42 valence electrons. The molecule has 1 atom stereocenters. The third-order valence-corrected chi connectivity index (χ3v) is 0.693. The molecule has 0 spiro atoms. The summed E-state index contributed by atoms with van der Waals surface area (Å²) >= 11 is 0. The zero-order valence-electron chi connectivity index (χ0n) is 4.22. The molecule has 0 saturated carbocycles. The lowest BCUT2D eigenvalue weighted by Crippen LogP contribution is -2.26. The summed E-state index contributed by atoms with van der Waals surface area (Å²) in [5, 5.41) is 8.46. The van der Waals surface area contributed by atoms with E-state index in [1.165, 1.54) is 6.92 Å². The molecule has 0 aromatic carbocycles. The minimum Gasteiger partial charge on any atom is -0.384 e. The lowest BCUT2D eigenvalue weighted by molar-refractivity contribution is -0.124. The fraction of sp³-hybridized carbons (Fsp3) is 0.750. The standard InChI is InChI=1S/C4H9NO2/c1-3(6)4(7)2-5/h4,7H,2,5H2,1H3/t4-/m1/s1. The van der Waals surface area contributed by atoms with Crippen molar-refractivity contribution < 1.29 is 9.90 Å². The molecule has 0 aliphatic heterocycles. The summed E-state index contributed by atoms with van der Waals surface area (Å²) in [5.41, 5.74) is 4.90. The Hall–Kier alpha value is -0.410. The van der Waals surface area contributed by atoms with Gasteiger partial charge in [0.25, 0.3) is 0 Å². The van der Waals surface area contributed by atoms with Crippen molar-refractivity contribution in [1.29, 1.82) is 0 Å². The highest BCUT2D eigenvalue weighted by Crippen LogP contribution is 1.77. The Morgan fingerprint density at radius 1 is 2.00 bits per heavy atom. The number of rotatable bonds is 2. The summed E-state index contributed by atoms with van der Waals surface area (Å²) in [7, 11) is 0. The molecule has 0 amide bonds. The highest BCUT2D eigenvalue weighted by Gasteiger charge is 2.03. The number of aliphatic hydroxyl groups excluding tert-OH is 1. The molecule has 0 aromatic heterocycles. The van der Waals surface area contributed by atoms with Crippen LogP contribution in [0.3, 0.4) is 0 Å². The van der Waals surface area contributed by atoms with Crippen LogP contribution in [-0.2, 0) is 4.79 Å². The first-order valence-corrected chi connectivity index (χ1v) is 2.07. The predicted molar refractivity (Wildman–Crippen MR) is 25.7 cm³/mol. The van der Waals surface area contributed by atoms with Crippen LogP contribution in [0.5, 0.6) is 0 Å². The van der Waals surface area contributed by atoms with Crippen LogP contribution in [0.15, 0.2) is 0 Å². The molecular formula is C4H9NO2. The maximum atomic E-state index is 10.0. The van der Waals surface area contributed by atoms with Gasteiger partial charge in [-0.05, 0) is 6.92 Å². The van der Waals surface area contributed by atoms with Crippen molar-refractivity contribution >= 4 is 5.78 Å². The van der Waals surface area contributed by atoms with E-state index in [0.717, 1.165) is 0 Å². The summed E-state index contributed by atoms with van der Waals surface area (Å²) in [5.74, 6) is -0.275. The summed E-state index contributed by atoms with van der Waals surface area (Å²) < 4.78 is 0. The molecule has 0 bridgehead atoms. The van der Waals surface area contributed by atoms with Crippen LogP contribution < -0.4 is 5.73 Å². The maximum absolute atomic E-state index is 10.0. The molecule has 3 N–H and O–H groups in total. The summed E-state index contributed by atoms with van der Waals surface area (Å²) in [6.07, 6.45) is -0.958. The van der Waals surface area contributed by atoms with Crippen LogP contribution in [0.25, 0.3) is 0 Å². The van der Waals surface area contributed by atoms with E-state index in [2.05, 4.69) is 0 Å². The van der Waals surface area contributed by atoms with Gasteiger partial charge in [-0.25, -0.2) is 0 Å². The fourth-order valence-electron chi connectivity index (χ4n) is 0.166. The molecule has 0 aromatic rings. The fourth-order valence-corrected chi connectivity index (χ4v) is 0.166. The lowest BCUT2D eigenvalue weighted by Gasteiger charge is -1.97. The third kappa shape index (κ3) is 2.31. The van der Waals surface area contributed by atoms with E-state index in [-0.39, 0.29) is 12.3 Å². The first kappa shape index (κ1) is 6.59. The Bertz CT molecular complexity index is 72.1. The Kier molecular flexibility index (Phi) is 2.55. The van der Waals surface area contributed by atoms with Gasteiger partial charge in [0.1, 0.15) is 6.10 Å². The highest BCUT2D eigenvalue weighted by atomic mass is 16.3. The summed E-state index contributed by atoms with van der Waals surface area (Å²) in [6.45, 7) is 1.33. The molecule has 0 radical (unpaired) electrons. The van der Waals surface area contributed by atoms with Gasteiger partial charge in [0.05, 0.1) is 0 Å². The Morgan fingerprint density at radius 2 is 2.43 bits per heavy atom.